The molecule has 4 rings (SSSR count). The minimum atomic E-state index is 0.247. The Bertz CT molecular complexity index is 893. The van der Waals surface area contributed by atoms with Crippen LogP contribution in [0.15, 0.2) is 65.7 Å². The van der Waals surface area contributed by atoms with Crippen molar-refractivity contribution in [2.45, 2.75) is 38.3 Å². The second-order valence-corrected chi connectivity index (χ2v) is 7.32. The summed E-state index contributed by atoms with van der Waals surface area (Å²) in [6.45, 7) is 2.38. The molecule has 6 nitrogen and oxygen atoms in total. The van der Waals surface area contributed by atoms with Gasteiger partial charge in [0.15, 0.2) is 11.8 Å². The van der Waals surface area contributed by atoms with E-state index in [4.69, 9.17) is 0 Å². The van der Waals surface area contributed by atoms with Gasteiger partial charge in [-0.1, -0.05) is 60.7 Å². The van der Waals surface area contributed by atoms with Crippen molar-refractivity contribution >= 4 is 5.96 Å². The van der Waals surface area contributed by atoms with Gasteiger partial charge in [0.25, 0.3) is 0 Å². The van der Waals surface area contributed by atoms with Crippen molar-refractivity contribution in [3.8, 4) is 0 Å². The molecule has 0 bridgehead atoms. The minimum Gasteiger partial charge on any atom is -0.355 e. The van der Waals surface area contributed by atoms with Gasteiger partial charge in [0.05, 0.1) is 6.54 Å². The molecule has 0 amide bonds. The van der Waals surface area contributed by atoms with Gasteiger partial charge in [-0.05, 0) is 24.0 Å². The number of aromatic nitrogens is 3. The second kappa shape index (κ2) is 9.37. The van der Waals surface area contributed by atoms with Crippen LogP contribution in [0.3, 0.4) is 0 Å². The van der Waals surface area contributed by atoms with Crippen LogP contribution in [-0.2, 0) is 19.5 Å². The highest BCUT2D eigenvalue weighted by Gasteiger charge is 2.17. The van der Waals surface area contributed by atoms with E-state index < -0.39 is 0 Å². The topological polar surface area (TPSA) is 67.1 Å². The summed E-state index contributed by atoms with van der Waals surface area (Å²) in [5, 5.41) is 15.6. The molecule has 0 spiro atoms. The summed E-state index contributed by atoms with van der Waals surface area (Å²) in [7, 11) is 1.80. The van der Waals surface area contributed by atoms with E-state index in [1.807, 2.05) is 0 Å². The quantitative estimate of drug-likeness (QED) is 0.503. The molecule has 2 aromatic carbocycles. The molecule has 1 aromatic heterocycles. The highest BCUT2D eigenvalue weighted by Crippen LogP contribution is 2.23. The van der Waals surface area contributed by atoms with E-state index in [1.54, 1.807) is 7.05 Å². The first kappa shape index (κ1) is 19.2. The van der Waals surface area contributed by atoms with E-state index >= 15 is 0 Å². The molecule has 0 atom stereocenters. The first-order valence-electron chi connectivity index (χ1n) is 10.3. The molecule has 0 unspecified atom stereocenters. The van der Waals surface area contributed by atoms with Crippen molar-refractivity contribution < 1.29 is 0 Å². The summed E-state index contributed by atoms with van der Waals surface area (Å²) in [5.74, 6) is 3.10. The maximum atomic E-state index is 4.40. The van der Waals surface area contributed by atoms with Crippen molar-refractivity contribution in [2.24, 2.45) is 4.99 Å². The minimum absolute atomic E-state index is 0.247. The van der Waals surface area contributed by atoms with Crippen molar-refractivity contribution in [3.05, 3.63) is 83.4 Å². The number of nitrogens with zero attached hydrogens (tertiary/aromatic N) is 4. The molecule has 1 aliphatic heterocycles. The molecule has 29 heavy (non-hydrogen) atoms. The molecule has 3 aromatic rings. The van der Waals surface area contributed by atoms with Gasteiger partial charge in [-0.25, -0.2) is 0 Å². The van der Waals surface area contributed by atoms with Gasteiger partial charge in [-0.3, -0.25) is 4.99 Å². The molecule has 1 aliphatic rings. The first-order chi connectivity index (χ1) is 14.3. The zero-order valence-corrected chi connectivity index (χ0v) is 16.9. The van der Waals surface area contributed by atoms with Crippen LogP contribution < -0.4 is 10.6 Å². The fourth-order valence-electron chi connectivity index (χ4n) is 3.88. The molecule has 6 heteroatoms. The van der Waals surface area contributed by atoms with E-state index in [2.05, 4.69) is 91.1 Å². The van der Waals surface area contributed by atoms with E-state index in [1.165, 1.54) is 24.0 Å². The maximum Gasteiger partial charge on any atom is 0.191 e. The Hall–Kier alpha value is -3.15. The Labute approximate surface area is 172 Å². The predicted molar refractivity (Wildman–Crippen MR) is 116 cm³/mol. The monoisotopic (exact) mass is 388 g/mol. The Kier molecular flexibility index (Phi) is 6.19. The van der Waals surface area contributed by atoms with Gasteiger partial charge in [0.1, 0.15) is 5.82 Å². The Morgan fingerprint density at radius 2 is 1.66 bits per heavy atom. The van der Waals surface area contributed by atoms with Gasteiger partial charge in [-0.15, -0.1) is 10.2 Å². The Morgan fingerprint density at radius 3 is 2.31 bits per heavy atom. The molecule has 0 fully saturated rings. The van der Waals surface area contributed by atoms with Crippen molar-refractivity contribution in [3.63, 3.8) is 0 Å². The van der Waals surface area contributed by atoms with Gasteiger partial charge < -0.3 is 15.2 Å². The van der Waals surface area contributed by atoms with Crippen LogP contribution in [0.2, 0.25) is 0 Å². The van der Waals surface area contributed by atoms with Crippen LogP contribution in [0.1, 0.15) is 41.5 Å². The molecule has 0 aliphatic carbocycles. The van der Waals surface area contributed by atoms with E-state index in [9.17, 15) is 0 Å². The number of nitrogens with one attached hydrogen (secondary N) is 2. The summed E-state index contributed by atoms with van der Waals surface area (Å²) in [4.78, 5) is 4.40. The average molecular weight is 389 g/mol. The summed E-state index contributed by atoms with van der Waals surface area (Å²) < 4.78 is 2.24. The molecule has 0 saturated carbocycles. The summed E-state index contributed by atoms with van der Waals surface area (Å²) in [6.07, 6.45) is 3.42. The maximum absolute atomic E-state index is 4.40. The van der Waals surface area contributed by atoms with Crippen molar-refractivity contribution in [1.29, 1.82) is 0 Å². The molecular weight excluding hydrogens is 360 g/mol. The second-order valence-electron chi connectivity index (χ2n) is 7.32. The van der Waals surface area contributed by atoms with Crippen LogP contribution in [0, 0.1) is 0 Å². The number of fused-ring (bicyclic) bond motifs is 1. The molecule has 0 saturated heterocycles. The van der Waals surface area contributed by atoms with Gasteiger partial charge in [0.2, 0.25) is 0 Å². The van der Waals surface area contributed by atoms with E-state index in [0.717, 1.165) is 37.1 Å². The Morgan fingerprint density at radius 1 is 0.966 bits per heavy atom. The third-order valence-electron chi connectivity index (χ3n) is 5.45. The van der Waals surface area contributed by atoms with Crippen LogP contribution in [-0.4, -0.2) is 34.3 Å². The molecule has 150 valence electrons. The van der Waals surface area contributed by atoms with Crippen LogP contribution in [0.25, 0.3) is 0 Å². The number of hydrogen-bond acceptors (Lipinski definition) is 3. The van der Waals surface area contributed by atoms with Gasteiger partial charge >= 0.3 is 0 Å². The lowest BCUT2D eigenvalue weighted by molar-refractivity contribution is 0.504. The molecule has 0 radical (unpaired) electrons. The smallest absolute Gasteiger partial charge is 0.191 e. The normalized spacial score (nSPS) is 13.9. The largest absolute Gasteiger partial charge is 0.355 e. The highest BCUT2D eigenvalue weighted by atomic mass is 15.3. The number of aryl methyl sites for hydroxylation is 1. The van der Waals surface area contributed by atoms with E-state index in [-0.39, 0.29) is 5.92 Å². The summed E-state index contributed by atoms with van der Waals surface area (Å²) in [5.41, 5.74) is 2.57. The fourth-order valence-corrected chi connectivity index (χ4v) is 3.88. The number of aliphatic imine (C=N–C) groups is 1. The number of rotatable bonds is 6. The first-order valence-corrected chi connectivity index (χ1v) is 10.3. The van der Waals surface area contributed by atoms with Crippen LogP contribution >= 0.6 is 0 Å². The van der Waals surface area contributed by atoms with Crippen LogP contribution in [0.4, 0.5) is 0 Å². The number of benzene rings is 2. The van der Waals surface area contributed by atoms with E-state index in [0.29, 0.717) is 6.54 Å². The lowest BCUT2D eigenvalue weighted by Gasteiger charge is -2.21. The lowest BCUT2D eigenvalue weighted by atomic mass is 9.91. The average Bonchev–Trinajstić information content (AvgIpc) is 3.21. The zero-order chi connectivity index (χ0) is 19.9. The molecular formula is C23H28N6. The molecule has 2 N–H and O–H groups in total. The third kappa shape index (κ3) is 4.65. The fraction of sp³-hybridized carbons (Fsp3) is 0.348. The van der Waals surface area contributed by atoms with Gasteiger partial charge in [-0.2, -0.15) is 0 Å². The summed E-state index contributed by atoms with van der Waals surface area (Å²) in [6, 6.07) is 21.2. The number of guanidine groups is 1. The lowest BCUT2D eigenvalue weighted by Crippen LogP contribution is -2.39. The van der Waals surface area contributed by atoms with Crippen molar-refractivity contribution in [1.82, 2.24) is 25.4 Å². The van der Waals surface area contributed by atoms with Crippen LogP contribution in [0.5, 0.6) is 0 Å². The van der Waals surface area contributed by atoms with Gasteiger partial charge in [0, 0.05) is 32.5 Å². The zero-order valence-electron chi connectivity index (χ0n) is 16.9. The highest BCUT2D eigenvalue weighted by molar-refractivity contribution is 5.79. The number of hydrogen-bond donors (Lipinski definition) is 2. The Balaban J connectivity index is 1.41. The van der Waals surface area contributed by atoms with Crippen molar-refractivity contribution in [2.75, 3.05) is 13.6 Å². The standard InChI is InChI=1S/C23H28N6/c1-24-23(26-17-22-28-27-21-14-8-9-15-29(21)22)25-16-20(18-10-4-2-5-11-18)19-12-6-3-7-13-19/h2-7,10-13,20H,8-9,14-17H2,1H3,(H2,24,25,26). The predicted octanol–water partition coefficient (Wildman–Crippen LogP) is 3.11. The summed E-state index contributed by atoms with van der Waals surface area (Å²) >= 11 is 0. The third-order valence-corrected chi connectivity index (χ3v) is 5.45. The molecule has 2 heterocycles. The SMILES string of the molecule is CN=C(NCc1nnc2n1CCCC2)NCC(c1ccccc1)c1ccccc1.